The molecule has 10 heteroatoms. The second-order valence-electron chi connectivity index (χ2n) is 15.3. The predicted octanol–water partition coefficient (Wildman–Crippen LogP) is 13.5. The third kappa shape index (κ3) is 43.4. The van der Waals surface area contributed by atoms with Crippen molar-refractivity contribution in [3.8, 4) is 0 Å². The van der Waals surface area contributed by atoms with Crippen molar-refractivity contribution in [3.05, 3.63) is 48.6 Å². The molecule has 2 atom stereocenters. The Labute approximate surface area is 349 Å². The highest BCUT2D eigenvalue weighted by Crippen LogP contribution is 2.43. The summed E-state index contributed by atoms with van der Waals surface area (Å²) in [5.74, 6) is -0.854. The summed E-state index contributed by atoms with van der Waals surface area (Å²) in [5.41, 5.74) is 5.35. The van der Waals surface area contributed by atoms with Crippen LogP contribution in [0.4, 0.5) is 0 Å². The highest BCUT2D eigenvalue weighted by molar-refractivity contribution is 7.47. The summed E-state index contributed by atoms with van der Waals surface area (Å²) in [6.45, 7) is 3.68. The van der Waals surface area contributed by atoms with Crippen molar-refractivity contribution in [2.45, 2.75) is 213 Å². The van der Waals surface area contributed by atoms with E-state index in [-0.39, 0.29) is 32.6 Å². The van der Waals surface area contributed by atoms with Crippen LogP contribution in [0.5, 0.6) is 0 Å². The molecule has 3 N–H and O–H groups in total. The molecule has 0 aromatic rings. The third-order valence-corrected chi connectivity index (χ3v) is 10.7. The van der Waals surface area contributed by atoms with Crippen LogP contribution in [-0.4, -0.2) is 49.3 Å². The molecule has 0 amide bonds. The summed E-state index contributed by atoms with van der Waals surface area (Å²) in [6.07, 6.45) is 49.9. The van der Waals surface area contributed by atoms with Crippen molar-refractivity contribution in [3.63, 3.8) is 0 Å². The highest BCUT2D eigenvalue weighted by Gasteiger charge is 2.26. The van der Waals surface area contributed by atoms with Gasteiger partial charge in [-0.05, 0) is 77.0 Å². The lowest BCUT2D eigenvalue weighted by Crippen LogP contribution is -2.29. The molecule has 332 valence electrons. The molecule has 0 aromatic heterocycles. The molecule has 0 aliphatic rings. The molecule has 0 heterocycles. The van der Waals surface area contributed by atoms with Crippen molar-refractivity contribution in [1.82, 2.24) is 0 Å². The Bertz CT molecular complexity index is 1080. The van der Waals surface area contributed by atoms with E-state index in [4.69, 9.17) is 24.3 Å². The molecule has 0 radical (unpaired) electrons. The molecule has 0 saturated heterocycles. The predicted molar refractivity (Wildman–Crippen MR) is 238 cm³/mol. The molecular formula is C47H86NO8P. The molecule has 0 bridgehead atoms. The first-order chi connectivity index (χ1) is 27.8. The van der Waals surface area contributed by atoms with Crippen molar-refractivity contribution in [2.75, 3.05) is 26.4 Å². The van der Waals surface area contributed by atoms with E-state index < -0.39 is 32.5 Å². The van der Waals surface area contributed by atoms with Crippen LogP contribution < -0.4 is 5.73 Å². The van der Waals surface area contributed by atoms with E-state index in [1.54, 1.807) is 0 Å². The second kappa shape index (κ2) is 43.5. The van der Waals surface area contributed by atoms with Crippen molar-refractivity contribution in [2.24, 2.45) is 5.73 Å². The second-order valence-corrected chi connectivity index (χ2v) is 16.7. The number of hydrogen-bond donors (Lipinski definition) is 2. The summed E-state index contributed by atoms with van der Waals surface area (Å²) in [7, 11) is -4.38. The number of rotatable bonds is 43. The van der Waals surface area contributed by atoms with Gasteiger partial charge in [0.25, 0.3) is 0 Å². The Morgan fingerprint density at radius 2 is 0.912 bits per heavy atom. The molecule has 0 aliphatic heterocycles. The first-order valence-corrected chi connectivity index (χ1v) is 24.6. The van der Waals surface area contributed by atoms with E-state index in [1.165, 1.54) is 109 Å². The van der Waals surface area contributed by atoms with Crippen molar-refractivity contribution >= 4 is 19.8 Å². The number of allylic oxidation sites excluding steroid dienone is 8. The zero-order valence-corrected chi connectivity index (χ0v) is 37.5. The van der Waals surface area contributed by atoms with E-state index >= 15 is 0 Å². The number of hydrogen-bond acceptors (Lipinski definition) is 8. The summed E-state index contributed by atoms with van der Waals surface area (Å²) < 4.78 is 32.8. The number of carbonyl (C=O) groups excluding carboxylic acids is 2. The van der Waals surface area contributed by atoms with Crippen LogP contribution in [-0.2, 0) is 32.7 Å². The minimum absolute atomic E-state index is 0.0487. The topological polar surface area (TPSA) is 134 Å². The van der Waals surface area contributed by atoms with E-state index in [0.29, 0.717) is 12.8 Å². The lowest BCUT2D eigenvalue weighted by molar-refractivity contribution is -0.161. The van der Waals surface area contributed by atoms with Gasteiger partial charge in [0.05, 0.1) is 13.2 Å². The Hall–Kier alpha value is -2.03. The monoisotopic (exact) mass is 824 g/mol. The number of phosphoric acid groups is 1. The maximum Gasteiger partial charge on any atom is 0.472 e. The van der Waals surface area contributed by atoms with Crippen LogP contribution in [0.15, 0.2) is 48.6 Å². The van der Waals surface area contributed by atoms with E-state index in [9.17, 15) is 19.0 Å². The fourth-order valence-corrected chi connectivity index (χ4v) is 6.99. The standard InChI is InChI=1S/C47H86NO8P/c1-3-5-7-9-11-13-15-17-19-21-22-24-26-28-30-32-34-36-38-40-47(50)56-45(44-55-57(51,52)54-42-41-48)43-53-46(49)39-37-35-33-31-29-27-25-23-20-18-16-14-12-10-8-6-4-2/h12,14,17-20,25,27,45H,3-11,13,15-16,21-24,26,28-44,48H2,1-2H3,(H,51,52)/b14-12+,19-17+,20-18+,27-25+/t45-/m1/s1. The van der Waals surface area contributed by atoms with Gasteiger partial charge in [-0.2, -0.15) is 0 Å². The maximum absolute atomic E-state index is 12.6. The van der Waals surface area contributed by atoms with Gasteiger partial charge in [0.15, 0.2) is 6.10 Å². The first kappa shape index (κ1) is 55.0. The van der Waals surface area contributed by atoms with Crippen LogP contribution in [0.3, 0.4) is 0 Å². The lowest BCUT2D eigenvalue weighted by Gasteiger charge is -2.19. The van der Waals surface area contributed by atoms with Gasteiger partial charge in [-0.1, -0.05) is 165 Å². The fourth-order valence-electron chi connectivity index (χ4n) is 6.22. The molecule has 0 aliphatic carbocycles. The zero-order chi connectivity index (χ0) is 41.8. The SMILES string of the molecule is CCCCC/C=C/C/C=C/C/C=C/CCCCCCC(=O)OC[C@H](COP(=O)(O)OCCN)OC(=O)CCCCCCCCCCC/C=C/CCCCCCCC. The molecular weight excluding hydrogens is 737 g/mol. The third-order valence-electron chi connectivity index (χ3n) is 9.69. The molecule has 9 nitrogen and oxygen atoms in total. The summed E-state index contributed by atoms with van der Waals surface area (Å²) in [6, 6.07) is 0. The number of esters is 2. The molecule has 0 saturated carbocycles. The van der Waals surface area contributed by atoms with Gasteiger partial charge < -0.3 is 20.1 Å². The molecule has 0 spiro atoms. The molecule has 0 rings (SSSR count). The van der Waals surface area contributed by atoms with Crippen molar-refractivity contribution < 1.29 is 37.6 Å². The van der Waals surface area contributed by atoms with Crippen LogP contribution in [0, 0.1) is 0 Å². The van der Waals surface area contributed by atoms with Gasteiger partial charge in [-0.3, -0.25) is 18.6 Å². The van der Waals surface area contributed by atoms with Gasteiger partial charge in [0, 0.05) is 19.4 Å². The van der Waals surface area contributed by atoms with E-state index in [2.05, 4.69) is 62.5 Å². The van der Waals surface area contributed by atoms with Gasteiger partial charge >= 0.3 is 19.8 Å². The Balaban J connectivity index is 4.15. The van der Waals surface area contributed by atoms with Crippen LogP contribution >= 0.6 is 7.82 Å². The number of carbonyl (C=O) groups is 2. The van der Waals surface area contributed by atoms with Gasteiger partial charge in [-0.15, -0.1) is 0 Å². The molecule has 0 fully saturated rings. The molecule has 1 unspecified atom stereocenters. The number of ether oxygens (including phenoxy) is 2. The zero-order valence-electron chi connectivity index (χ0n) is 36.6. The van der Waals surface area contributed by atoms with E-state index in [0.717, 1.165) is 57.8 Å². The fraction of sp³-hybridized carbons (Fsp3) is 0.787. The number of unbranched alkanes of at least 4 members (excludes halogenated alkanes) is 22. The number of phosphoric ester groups is 1. The van der Waals surface area contributed by atoms with Crippen LogP contribution in [0.1, 0.15) is 206 Å². The normalized spacial score (nSPS) is 13.7. The smallest absolute Gasteiger partial charge is 0.462 e. The lowest BCUT2D eigenvalue weighted by atomic mass is 10.1. The average molecular weight is 824 g/mol. The van der Waals surface area contributed by atoms with Crippen LogP contribution in [0.2, 0.25) is 0 Å². The summed E-state index contributed by atoms with van der Waals surface area (Å²) >= 11 is 0. The van der Waals surface area contributed by atoms with Gasteiger partial charge in [-0.25, -0.2) is 4.57 Å². The summed E-state index contributed by atoms with van der Waals surface area (Å²) in [5, 5.41) is 0. The average Bonchev–Trinajstić information content (AvgIpc) is 3.20. The number of nitrogens with two attached hydrogens (primary N) is 1. The van der Waals surface area contributed by atoms with Gasteiger partial charge in [0.1, 0.15) is 6.61 Å². The minimum Gasteiger partial charge on any atom is -0.462 e. The highest BCUT2D eigenvalue weighted by atomic mass is 31.2. The van der Waals surface area contributed by atoms with Crippen molar-refractivity contribution in [1.29, 1.82) is 0 Å². The minimum atomic E-state index is -4.38. The molecule has 0 aromatic carbocycles. The Morgan fingerprint density at radius 3 is 1.40 bits per heavy atom. The largest absolute Gasteiger partial charge is 0.472 e. The quantitative estimate of drug-likeness (QED) is 0.0267. The maximum atomic E-state index is 12.6. The molecule has 57 heavy (non-hydrogen) atoms. The Morgan fingerprint density at radius 1 is 0.526 bits per heavy atom. The summed E-state index contributed by atoms with van der Waals surface area (Å²) in [4.78, 5) is 34.9. The van der Waals surface area contributed by atoms with Crippen LogP contribution in [0.25, 0.3) is 0 Å². The van der Waals surface area contributed by atoms with Gasteiger partial charge in [0.2, 0.25) is 0 Å². The van der Waals surface area contributed by atoms with E-state index in [1.807, 2.05) is 0 Å². The first-order valence-electron chi connectivity index (χ1n) is 23.1. The Kier molecular flexibility index (Phi) is 42.0.